The van der Waals surface area contributed by atoms with Crippen LogP contribution in [0.25, 0.3) is 10.8 Å². The van der Waals surface area contributed by atoms with E-state index in [2.05, 4.69) is 9.82 Å². The number of aryl methyl sites for hydroxylation is 1. The Morgan fingerprint density at radius 2 is 1.89 bits per heavy atom. The number of hydrogen-bond donors (Lipinski definition) is 1. The van der Waals surface area contributed by atoms with Gasteiger partial charge >= 0.3 is 0 Å². The van der Waals surface area contributed by atoms with Crippen LogP contribution in [0.1, 0.15) is 12.8 Å². The van der Waals surface area contributed by atoms with Crippen LogP contribution >= 0.6 is 0 Å². The molecule has 1 N–H and O–H groups in total. The molecule has 0 bridgehead atoms. The normalized spacial score (nSPS) is 18.2. The molecule has 3 aromatic rings. The average Bonchev–Trinajstić information content (AvgIpc) is 3.08. The quantitative estimate of drug-likeness (QED) is 0.746. The van der Waals surface area contributed by atoms with Crippen molar-refractivity contribution in [3.05, 3.63) is 54.7 Å². The fourth-order valence-electron chi connectivity index (χ4n) is 3.43. The summed E-state index contributed by atoms with van der Waals surface area (Å²) in [6, 6.07) is 13.5. The van der Waals surface area contributed by atoms with E-state index in [0.717, 1.165) is 10.8 Å². The van der Waals surface area contributed by atoms with Gasteiger partial charge in [0.05, 0.1) is 11.1 Å². The van der Waals surface area contributed by atoms with Gasteiger partial charge in [-0.05, 0) is 35.7 Å². The third-order valence-corrected chi connectivity index (χ3v) is 6.31. The highest BCUT2D eigenvalue weighted by atomic mass is 32.2. The van der Waals surface area contributed by atoms with E-state index in [1.807, 2.05) is 24.3 Å². The van der Waals surface area contributed by atoms with Crippen molar-refractivity contribution in [3.63, 3.8) is 0 Å². The van der Waals surface area contributed by atoms with Crippen LogP contribution in [0.5, 0.6) is 0 Å². The average molecular weight is 384 g/mol. The number of hydrogen-bond acceptors (Lipinski definition) is 4. The van der Waals surface area contributed by atoms with Gasteiger partial charge in [-0.2, -0.15) is 9.82 Å². The molecule has 2 aromatic carbocycles. The van der Waals surface area contributed by atoms with E-state index in [0.29, 0.717) is 25.2 Å². The van der Waals surface area contributed by atoms with Crippen molar-refractivity contribution in [2.24, 2.45) is 7.05 Å². The number of rotatable bonds is 4. The monoisotopic (exact) mass is 384 g/mol. The zero-order chi connectivity index (χ0) is 19.0. The number of benzene rings is 2. The Bertz CT molecular complexity index is 1110. The molecule has 1 aliphatic heterocycles. The van der Waals surface area contributed by atoms with E-state index in [-0.39, 0.29) is 10.8 Å². The lowest BCUT2D eigenvalue weighted by molar-refractivity contribution is -0.121. The number of carbonyl (C=O) groups is 1. The maximum Gasteiger partial charge on any atom is 0.246 e. The lowest BCUT2D eigenvalue weighted by Crippen LogP contribution is -2.52. The van der Waals surface area contributed by atoms with Gasteiger partial charge in [-0.15, -0.1) is 0 Å². The molecule has 4 rings (SSSR count). The smallest absolute Gasteiger partial charge is 0.246 e. The van der Waals surface area contributed by atoms with E-state index < -0.39 is 16.1 Å². The van der Waals surface area contributed by atoms with E-state index in [9.17, 15) is 13.2 Å². The fourth-order valence-corrected chi connectivity index (χ4v) is 4.69. The Labute approximate surface area is 157 Å². The number of nitrogens with one attached hydrogen (secondary N) is 1. The molecule has 140 valence electrons. The van der Waals surface area contributed by atoms with Gasteiger partial charge in [-0.3, -0.25) is 14.4 Å². The second kappa shape index (κ2) is 6.79. The predicted octanol–water partition coefficient (Wildman–Crippen LogP) is 2.05. The van der Waals surface area contributed by atoms with E-state index in [1.165, 1.54) is 0 Å². The van der Waals surface area contributed by atoms with Gasteiger partial charge in [-0.1, -0.05) is 30.3 Å². The summed E-state index contributed by atoms with van der Waals surface area (Å²) in [6.45, 7) is 0.548. The highest BCUT2D eigenvalue weighted by molar-refractivity contribution is 7.89. The van der Waals surface area contributed by atoms with Crippen molar-refractivity contribution in [2.45, 2.75) is 23.8 Å². The summed E-state index contributed by atoms with van der Waals surface area (Å²) in [4.78, 5) is 14.6. The molecule has 2 heterocycles. The highest BCUT2D eigenvalue weighted by Crippen LogP contribution is 2.23. The maximum atomic E-state index is 12.9. The molecule has 1 atom stereocenters. The van der Waals surface area contributed by atoms with Crippen molar-refractivity contribution >= 4 is 32.5 Å². The van der Waals surface area contributed by atoms with Gasteiger partial charge in [0, 0.05) is 19.7 Å². The number of fused-ring (bicyclic) bond motifs is 1. The number of carbonyl (C=O) groups excluding carboxylic acids is 1. The topological polar surface area (TPSA) is 84.3 Å². The summed E-state index contributed by atoms with van der Waals surface area (Å²) in [5.74, 6) is 0.406. The first kappa shape index (κ1) is 17.7. The first-order valence-corrected chi connectivity index (χ1v) is 10.2. The third kappa shape index (κ3) is 3.33. The summed E-state index contributed by atoms with van der Waals surface area (Å²) < 4.78 is 29.9. The molecule has 27 heavy (non-hydrogen) atoms. The number of piperidine rings is 1. The summed E-state index contributed by atoms with van der Waals surface area (Å²) >= 11 is 0. The van der Waals surface area contributed by atoms with Gasteiger partial charge in [0.15, 0.2) is 0 Å². The molecule has 7 nitrogen and oxygen atoms in total. The van der Waals surface area contributed by atoms with Crippen molar-refractivity contribution < 1.29 is 13.2 Å². The van der Waals surface area contributed by atoms with Crippen LogP contribution in [-0.2, 0) is 21.9 Å². The van der Waals surface area contributed by atoms with Crippen LogP contribution < -0.4 is 9.62 Å². The molecule has 1 amide bonds. The maximum absolute atomic E-state index is 12.9. The van der Waals surface area contributed by atoms with Crippen molar-refractivity contribution in [1.82, 2.24) is 14.5 Å². The van der Waals surface area contributed by atoms with Gasteiger partial charge < -0.3 is 0 Å². The SMILES string of the molecule is Cn1nccc1N1CCCC(NS(=O)(=O)c2ccc3ccccc3c2)C1=O. The first-order valence-electron chi connectivity index (χ1n) is 8.76. The zero-order valence-electron chi connectivity index (χ0n) is 14.9. The van der Waals surface area contributed by atoms with Crippen molar-refractivity contribution in [2.75, 3.05) is 11.4 Å². The Balaban J connectivity index is 1.59. The number of aromatic nitrogens is 2. The molecule has 0 saturated carbocycles. The van der Waals surface area contributed by atoms with Gasteiger partial charge in [0.1, 0.15) is 11.9 Å². The fraction of sp³-hybridized carbons (Fsp3) is 0.263. The van der Waals surface area contributed by atoms with Gasteiger partial charge in [0.25, 0.3) is 0 Å². The van der Waals surface area contributed by atoms with Crippen LogP contribution in [0.2, 0.25) is 0 Å². The minimum absolute atomic E-state index is 0.159. The third-order valence-electron chi connectivity index (χ3n) is 4.84. The molecule has 1 fully saturated rings. The minimum atomic E-state index is -3.81. The van der Waals surface area contributed by atoms with E-state index in [1.54, 1.807) is 47.1 Å². The highest BCUT2D eigenvalue weighted by Gasteiger charge is 2.34. The van der Waals surface area contributed by atoms with E-state index >= 15 is 0 Å². The Hall–Kier alpha value is -2.71. The Kier molecular flexibility index (Phi) is 4.45. The molecule has 8 heteroatoms. The van der Waals surface area contributed by atoms with Crippen molar-refractivity contribution in [3.8, 4) is 0 Å². The Morgan fingerprint density at radius 1 is 1.11 bits per heavy atom. The molecule has 0 spiro atoms. The zero-order valence-corrected chi connectivity index (χ0v) is 15.7. The number of anilines is 1. The summed E-state index contributed by atoms with van der Waals surface area (Å²) in [6.07, 6.45) is 2.80. The van der Waals surface area contributed by atoms with E-state index in [4.69, 9.17) is 0 Å². The van der Waals surface area contributed by atoms with Crippen LogP contribution in [0.3, 0.4) is 0 Å². The van der Waals surface area contributed by atoms with Crippen LogP contribution in [0, 0.1) is 0 Å². The second-order valence-electron chi connectivity index (χ2n) is 6.63. The molecule has 1 saturated heterocycles. The largest absolute Gasteiger partial charge is 0.296 e. The molecule has 1 aliphatic rings. The standard InChI is InChI=1S/C19H20N4O3S/c1-22-18(10-11-20-22)23-12-4-7-17(19(23)24)21-27(25,26)16-9-8-14-5-2-3-6-15(14)13-16/h2-3,5-6,8-11,13,17,21H,4,7,12H2,1H3. The lowest BCUT2D eigenvalue weighted by atomic mass is 10.1. The minimum Gasteiger partial charge on any atom is -0.296 e. The van der Waals surface area contributed by atoms with Crippen LogP contribution in [-0.4, -0.2) is 36.7 Å². The van der Waals surface area contributed by atoms with Crippen molar-refractivity contribution in [1.29, 1.82) is 0 Å². The lowest BCUT2D eigenvalue weighted by Gasteiger charge is -2.32. The Morgan fingerprint density at radius 3 is 2.63 bits per heavy atom. The molecular weight excluding hydrogens is 364 g/mol. The molecule has 1 aromatic heterocycles. The van der Waals surface area contributed by atoms with Gasteiger partial charge in [0.2, 0.25) is 15.9 Å². The summed E-state index contributed by atoms with van der Waals surface area (Å²) in [7, 11) is -2.05. The predicted molar refractivity (Wildman–Crippen MR) is 103 cm³/mol. The molecule has 0 radical (unpaired) electrons. The molecular formula is C19H20N4O3S. The van der Waals surface area contributed by atoms with Crippen LogP contribution in [0.4, 0.5) is 5.82 Å². The number of nitrogens with zero attached hydrogens (tertiary/aromatic N) is 3. The summed E-state index contributed by atoms with van der Waals surface area (Å²) in [5.41, 5.74) is 0. The second-order valence-corrected chi connectivity index (χ2v) is 8.34. The summed E-state index contributed by atoms with van der Waals surface area (Å²) in [5, 5.41) is 5.89. The number of amides is 1. The first-order chi connectivity index (χ1) is 13.0. The molecule has 1 unspecified atom stereocenters. The van der Waals surface area contributed by atoms with Gasteiger partial charge in [-0.25, -0.2) is 8.42 Å². The number of sulfonamides is 1. The molecule has 0 aliphatic carbocycles. The van der Waals surface area contributed by atoms with Crippen LogP contribution in [0.15, 0.2) is 59.6 Å².